The average molecular weight is 413 g/mol. The lowest BCUT2D eigenvalue weighted by atomic mass is 10.1. The highest BCUT2D eigenvalue weighted by atomic mass is 32.1. The molecule has 4 heterocycles. The Morgan fingerprint density at radius 1 is 1.21 bits per heavy atom. The Kier molecular flexibility index (Phi) is 5.65. The number of aromatic nitrogens is 4. The third-order valence-electron chi connectivity index (χ3n) is 5.43. The molecule has 8 heteroatoms. The second kappa shape index (κ2) is 8.20. The zero-order valence-electron chi connectivity index (χ0n) is 17.6. The number of carbonyl (C=O) groups is 1. The van der Waals surface area contributed by atoms with Crippen LogP contribution in [0, 0.1) is 6.92 Å². The van der Waals surface area contributed by atoms with Gasteiger partial charge < -0.3 is 4.90 Å². The van der Waals surface area contributed by atoms with E-state index >= 15 is 0 Å². The molecule has 0 aliphatic carbocycles. The second-order valence-electron chi connectivity index (χ2n) is 7.87. The minimum atomic E-state index is 0.0655. The molecule has 1 amide bonds. The highest BCUT2D eigenvalue weighted by Gasteiger charge is 2.25. The molecule has 7 nitrogen and oxygen atoms in total. The summed E-state index contributed by atoms with van der Waals surface area (Å²) >= 11 is 1.73. The fourth-order valence-electron chi connectivity index (χ4n) is 3.75. The van der Waals surface area contributed by atoms with Crippen LogP contribution >= 0.6 is 11.3 Å². The molecule has 1 saturated heterocycles. The molecule has 3 aromatic heterocycles. The van der Waals surface area contributed by atoms with Gasteiger partial charge in [0.1, 0.15) is 0 Å². The fraction of sp³-hybridized carbons (Fsp3) is 0.524. The molecule has 1 fully saturated rings. The van der Waals surface area contributed by atoms with Gasteiger partial charge in [-0.2, -0.15) is 5.10 Å². The van der Waals surface area contributed by atoms with E-state index in [2.05, 4.69) is 46.1 Å². The van der Waals surface area contributed by atoms with Crippen LogP contribution in [-0.2, 0) is 13.0 Å². The molecule has 154 valence electrons. The Labute approximate surface area is 175 Å². The van der Waals surface area contributed by atoms with Gasteiger partial charge in [-0.1, -0.05) is 6.92 Å². The van der Waals surface area contributed by atoms with Crippen molar-refractivity contribution in [2.24, 2.45) is 0 Å². The first-order valence-electron chi connectivity index (χ1n) is 10.3. The summed E-state index contributed by atoms with van der Waals surface area (Å²) in [5.41, 5.74) is 3.43. The van der Waals surface area contributed by atoms with Crippen LogP contribution in [0.15, 0.2) is 17.6 Å². The van der Waals surface area contributed by atoms with Gasteiger partial charge in [-0.3, -0.25) is 9.69 Å². The Bertz CT molecular complexity index is 1020. The van der Waals surface area contributed by atoms with Crippen molar-refractivity contribution in [3.63, 3.8) is 0 Å². The van der Waals surface area contributed by atoms with Crippen LogP contribution in [-0.4, -0.2) is 61.6 Å². The number of hydrogen-bond donors (Lipinski definition) is 0. The van der Waals surface area contributed by atoms with Crippen molar-refractivity contribution in [1.82, 2.24) is 29.5 Å². The quantitative estimate of drug-likeness (QED) is 0.643. The first-order chi connectivity index (χ1) is 14.0. The standard InChI is InChI=1S/C21H28N6OS/c1-5-19-24-17(13-29-19)12-25-6-8-26(9-7-25)21(28)18-10-16-11-22-27(14(2)3)20(16)23-15(18)4/h10-11,13-14H,5-9,12H2,1-4H3. The number of amides is 1. The van der Waals surface area contributed by atoms with E-state index < -0.39 is 0 Å². The number of carbonyl (C=O) groups excluding carboxylic acids is 1. The largest absolute Gasteiger partial charge is 0.336 e. The summed E-state index contributed by atoms with van der Waals surface area (Å²) in [6.07, 6.45) is 2.79. The van der Waals surface area contributed by atoms with Crippen molar-refractivity contribution >= 4 is 28.3 Å². The number of thiazole rings is 1. The lowest BCUT2D eigenvalue weighted by Gasteiger charge is -2.34. The van der Waals surface area contributed by atoms with Gasteiger partial charge in [0.25, 0.3) is 5.91 Å². The molecule has 0 N–H and O–H groups in total. The average Bonchev–Trinajstić information content (AvgIpc) is 3.33. The molecule has 3 aromatic rings. The maximum absolute atomic E-state index is 13.1. The van der Waals surface area contributed by atoms with Crippen molar-refractivity contribution in [3.8, 4) is 0 Å². The molecule has 4 rings (SSSR count). The summed E-state index contributed by atoms with van der Waals surface area (Å²) in [7, 11) is 0. The van der Waals surface area contributed by atoms with E-state index in [1.165, 1.54) is 5.01 Å². The smallest absolute Gasteiger partial charge is 0.255 e. The topological polar surface area (TPSA) is 67.2 Å². The number of rotatable bonds is 5. The molecule has 0 spiro atoms. The first kappa shape index (κ1) is 20.0. The Morgan fingerprint density at radius 3 is 2.62 bits per heavy atom. The number of fused-ring (bicyclic) bond motifs is 1. The van der Waals surface area contributed by atoms with Crippen LogP contribution < -0.4 is 0 Å². The highest BCUT2D eigenvalue weighted by Crippen LogP contribution is 2.21. The summed E-state index contributed by atoms with van der Waals surface area (Å²) in [6.45, 7) is 12.3. The maximum atomic E-state index is 13.1. The van der Waals surface area contributed by atoms with Crippen molar-refractivity contribution in [1.29, 1.82) is 0 Å². The van der Waals surface area contributed by atoms with E-state index in [4.69, 9.17) is 0 Å². The Balaban J connectivity index is 1.43. The van der Waals surface area contributed by atoms with Gasteiger partial charge >= 0.3 is 0 Å². The van der Waals surface area contributed by atoms with Crippen LogP contribution in [0.3, 0.4) is 0 Å². The van der Waals surface area contributed by atoms with E-state index in [1.807, 2.05) is 22.6 Å². The van der Waals surface area contributed by atoms with Gasteiger partial charge in [-0.05, 0) is 33.3 Å². The summed E-state index contributed by atoms with van der Waals surface area (Å²) in [5, 5.41) is 8.68. The molecule has 0 radical (unpaired) electrons. The van der Waals surface area contributed by atoms with E-state index in [1.54, 1.807) is 17.5 Å². The molecule has 1 aliphatic rings. The predicted molar refractivity (Wildman–Crippen MR) is 115 cm³/mol. The number of nitrogens with zero attached hydrogens (tertiary/aromatic N) is 6. The van der Waals surface area contributed by atoms with Crippen molar-refractivity contribution in [2.45, 2.75) is 46.7 Å². The monoisotopic (exact) mass is 412 g/mol. The highest BCUT2D eigenvalue weighted by molar-refractivity contribution is 7.09. The Hall–Kier alpha value is -2.32. The van der Waals surface area contributed by atoms with E-state index in [0.717, 1.165) is 61.6 Å². The summed E-state index contributed by atoms with van der Waals surface area (Å²) in [5.74, 6) is 0.0655. The third-order valence-corrected chi connectivity index (χ3v) is 6.47. The molecular weight excluding hydrogens is 384 g/mol. The number of pyridine rings is 1. The SMILES string of the molecule is CCc1nc(CN2CCN(C(=O)c3cc4cnn(C(C)C)c4nc3C)CC2)cs1. The molecule has 0 saturated carbocycles. The number of aryl methyl sites for hydroxylation is 2. The molecule has 29 heavy (non-hydrogen) atoms. The summed E-state index contributed by atoms with van der Waals surface area (Å²) in [4.78, 5) is 26.8. The van der Waals surface area contributed by atoms with Gasteiger partial charge in [0, 0.05) is 49.5 Å². The lowest BCUT2D eigenvalue weighted by Crippen LogP contribution is -2.48. The maximum Gasteiger partial charge on any atom is 0.255 e. The van der Waals surface area contributed by atoms with Crippen LogP contribution in [0.4, 0.5) is 0 Å². The lowest BCUT2D eigenvalue weighted by molar-refractivity contribution is 0.0626. The fourth-order valence-corrected chi connectivity index (χ4v) is 4.49. The normalized spacial score (nSPS) is 15.6. The van der Waals surface area contributed by atoms with Crippen molar-refractivity contribution in [2.75, 3.05) is 26.2 Å². The molecule has 0 bridgehead atoms. The van der Waals surface area contributed by atoms with Gasteiger partial charge in [0.2, 0.25) is 0 Å². The molecule has 0 atom stereocenters. The van der Waals surface area contributed by atoms with Crippen LogP contribution in [0.5, 0.6) is 0 Å². The third kappa shape index (κ3) is 4.04. The zero-order chi connectivity index (χ0) is 20.5. The minimum Gasteiger partial charge on any atom is -0.336 e. The second-order valence-corrected chi connectivity index (χ2v) is 8.81. The van der Waals surface area contributed by atoms with Crippen LogP contribution in [0.2, 0.25) is 0 Å². The number of piperazine rings is 1. The van der Waals surface area contributed by atoms with Crippen LogP contribution in [0.1, 0.15) is 53.6 Å². The van der Waals surface area contributed by atoms with Crippen molar-refractivity contribution in [3.05, 3.63) is 39.6 Å². The van der Waals surface area contributed by atoms with Gasteiger partial charge in [-0.15, -0.1) is 11.3 Å². The molecule has 0 unspecified atom stereocenters. The van der Waals surface area contributed by atoms with E-state index in [9.17, 15) is 4.79 Å². The van der Waals surface area contributed by atoms with Gasteiger partial charge in [0.15, 0.2) is 5.65 Å². The van der Waals surface area contributed by atoms with Crippen molar-refractivity contribution < 1.29 is 4.79 Å². The summed E-state index contributed by atoms with van der Waals surface area (Å²) in [6, 6.07) is 2.18. The summed E-state index contributed by atoms with van der Waals surface area (Å²) < 4.78 is 1.90. The van der Waals surface area contributed by atoms with Crippen LogP contribution in [0.25, 0.3) is 11.0 Å². The Morgan fingerprint density at radius 2 is 1.97 bits per heavy atom. The number of hydrogen-bond acceptors (Lipinski definition) is 6. The van der Waals surface area contributed by atoms with Gasteiger partial charge in [0.05, 0.1) is 28.2 Å². The molecule has 1 aliphatic heterocycles. The first-order valence-corrected chi connectivity index (χ1v) is 11.1. The predicted octanol–water partition coefficient (Wildman–Crippen LogP) is 3.30. The van der Waals surface area contributed by atoms with Gasteiger partial charge in [-0.25, -0.2) is 14.6 Å². The molecular formula is C21H28N6OS. The minimum absolute atomic E-state index is 0.0655. The van der Waals surface area contributed by atoms with E-state index in [0.29, 0.717) is 5.56 Å². The van der Waals surface area contributed by atoms with E-state index in [-0.39, 0.29) is 11.9 Å². The zero-order valence-corrected chi connectivity index (χ0v) is 18.4. The molecule has 0 aromatic carbocycles.